The highest BCUT2D eigenvalue weighted by molar-refractivity contribution is 5.82. The van der Waals surface area contributed by atoms with Crippen LogP contribution in [0.15, 0.2) is 12.2 Å². The fourth-order valence-corrected chi connectivity index (χ4v) is 7.74. The number of fused-ring (bicyclic) bond motifs is 1. The van der Waals surface area contributed by atoms with E-state index in [4.69, 9.17) is 14.2 Å². The van der Waals surface area contributed by atoms with Crippen molar-refractivity contribution < 1.29 is 29.2 Å². The summed E-state index contributed by atoms with van der Waals surface area (Å²) in [6.07, 6.45) is 0.308. The number of hydrogen-bond acceptors (Lipinski definition) is 6. The van der Waals surface area contributed by atoms with E-state index in [1.54, 1.807) is 7.11 Å². The highest BCUT2D eigenvalue weighted by Gasteiger charge is 2.78. The van der Waals surface area contributed by atoms with Gasteiger partial charge in [0.05, 0.1) is 18.8 Å². The molecule has 0 unspecified atom stereocenters. The second-order valence-corrected chi connectivity index (χ2v) is 10.1. The third kappa shape index (κ3) is 1.88. The molecule has 27 heavy (non-hydrogen) atoms. The van der Waals surface area contributed by atoms with Crippen molar-refractivity contribution in [3.63, 3.8) is 0 Å². The molecule has 6 heteroatoms. The number of ether oxygens (including phenoxy) is 3. The average Bonchev–Trinajstić information content (AvgIpc) is 3.10. The summed E-state index contributed by atoms with van der Waals surface area (Å²) in [5.74, 6) is -0.831. The third-order valence-corrected chi connectivity index (χ3v) is 8.70. The third-order valence-electron chi connectivity index (χ3n) is 8.70. The summed E-state index contributed by atoms with van der Waals surface area (Å²) in [4.78, 5) is 13.3. The van der Waals surface area contributed by atoms with E-state index in [2.05, 4.69) is 20.4 Å². The predicted molar refractivity (Wildman–Crippen MR) is 95.4 cm³/mol. The van der Waals surface area contributed by atoms with Gasteiger partial charge < -0.3 is 24.4 Å². The molecule has 2 spiro atoms. The van der Waals surface area contributed by atoms with Crippen LogP contribution in [0.2, 0.25) is 0 Å². The highest BCUT2D eigenvalue weighted by Crippen LogP contribution is 2.72. The average molecular weight is 378 g/mol. The maximum Gasteiger partial charge on any atom is 0.315 e. The number of aliphatic hydroxyl groups is 2. The molecule has 0 aromatic rings. The van der Waals surface area contributed by atoms with Gasteiger partial charge in [0, 0.05) is 24.4 Å². The van der Waals surface area contributed by atoms with Crippen LogP contribution >= 0.6 is 0 Å². The Labute approximate surface area is 159 Å². The zero-order valence-electron chi connectivity index (χ0n) is 16.3. The predicted octanol–water partition coefficient (Wildman–Crippen LogP) is 1.64. The van der Waals surface area contributed by atoms with Crippen molar-refractivity contribution in [2.45, 2.75) is 64.1 Å². The van der Waals surface area contributed by atoms with Gasteiger partial charge in [0.2, 0.25) is 0 Å². The van der Waals surface area contributed by atoms with E-state index in [9.17, 15) is 15.0 Å². The first-order valence-electron chi connectivity index (χ1n) is 10.1. The molecule has 2 saturated heterocycles. The molecular weight excluding hydrogens is 348 g/mol. The topological polar surface area (TPSA) is 85.2 Å². The van der Waals surface area contributed by atoms with Crippen LogP contribution in [-0.4, -0.2) is 54.5 Å². The van der Waals surface area contributed by atoms with Crippen LogP contribution in [0.25, 0.3) is 0 Å². The smallest absolute Gasteiger partial charge is 0.315 e. The van der Waals surface area contributed by atoms with Gasteiger partial charge in [-0.25, -0.2) is 0 Å². The second-order valence-electron chi connectivity index (χ2n) is 10.1. The molecular formula is C21H30O6. The lowest BCUT2D eigenvalue weighted by Crippen LogP contribution is -2.71. The minimum Gasteiger partial charge on any atom is -0.461 e. The molecule has 150 valence electrons. The lowest BCUT2D eigenvalue weighted by molar-refractivity contribution is -0.265. The summed E-state index contributed by atoms with van der Waals surface area (Å²) in [7, 11) is 1.65. The van der Waals surface area contributed by atoms with Crippen molar-refractivity contribution in [3.05, 3.63) is 12.2 Å². The molecule has 3 saturated carbocycles. The Kier molecular flexibility index (Phi) is 3.59. The van der Waals surface area contributed by atoms with Crippen molar-refractivity contribution >= 4 is 5.97 Å². The van der Waals surface area contributed by atoms with Crippen LogP contribution in [0.3, 0.4) is 0 Å². The Balaban J connectivity index is 1.73. The Morgan fingerprint density at radius 1 is 1.26 bits per heavy atom. The zero-order chi connectivity index (χ0) is 19.4. The van der Waals surface area contributed by atoms with Gasteiger partial charge in [0.15, 0.2) is 6.29 Å². The first-order valence-corrected chi connectivity index (χ1v) is 10.1. The Morgan fingerprint density at radius 3 is 2.70 bits per heavy atom. The summed E-state index contributed by atoms with van der Waals surface area (Å²) >= 11 is 0. The second kappa shape index (κ2) is 5.35. The van der Waals surface area contributed by atoms with Gasteiger partial charge in [-0.3, -0.25) is 4.79 Å². The van der Waals surface area contributed by atoms with Gasteiger partial charge in [0.25, 0.3) is 0 Å². The van der Waals surface area contributed by atoms with E-state index in [-0.39, 0.29) is 29.3 Å². The molecule has 9 atom stereocenters. The standard InChI is InChI=1S/C21H30O6/c1-10-11-7-12(22)14-20(8-11,16(10)23)18(24)27-13-5-6-19(2,3)15-17(25-4)26-9-21(13,14)15/h11-17,22-23H,1,5-9H2,2-4H3/t11-,12+,13+,14-,15-,16-,17-,20+,21+/m1/s1. The van der Waals surface area contributed by atoms with E-state index >= 15 is 0 Å². The molecule has 2 bridgehead atoms. The summed E-state index contributed by atoms with van der Waals surface area (Å²) < 4.78 is 17.9. The summed E-state index contributed by atoms with van der Waals surface area (Å²) in [5.41, 5.74) is -1.09. The molecule has 0 aromatic heterocycles. The molecule has 2 N–H and O–H groups in total. The molecule has 2 heterocycles. The Bertz CT molecular complexity index is 703. The molecule has 5 aliphatic rings. The fraction of sp³-hybridized carbons (Fsp3) is 0.857. The minimum atomic E-state index is -1.12. The minimum absolute atomic E-state index is 0.0176. The first kappa shape index (κ1) is 18.1. The Morgan fingerprint density at radius 2 is 2.00 bits per heavy atom. The molecule has 0 radical (unpaired) electrons. The number of methoxy groups -OCH3 is 1. The lowest BCUT2D eigenvalue weighted by atomic mass is 9.43. The van der Waals surface area contributed by atoms with E-state index in [0.29, 0.717) is 25.0 Å². The summed E-state index contributed by atoms with van der Waals surface area (Å²) in [6, 6.07) is 0. The van der Waals surface area contributed by atoms with Gasteiger partial charge in [-0.1, -0.05) is 20.4 Å². The van der Waals surface area contributed by atoms with Crippen LogP contribution in [0, 0.1) is 34.0 Å². The van der Waals surface area contributed by atoms with E-state index < -0.39 is 35.2 Å². The maximum absolute atomic E-state index is 13.3. The number of hydrogen-bond donors (Lipinski definition) is 2. The van der Waals surface area contributed by atoms with Crippen molar-refractivity contribution in [2.24, 2.45) is 34.0 Å². The zero-order valence-corrected chi connectivity index (χ0v) is 16.3. The number of esters is 1. The van der Waals surface area contributed by atoms with E-state index in [1.807, 2.05) is 0 Å². The van der Waals surface area contributed by atoms with Crippen molar-refractivity contribution in [2.75, 3.05) is 13.7 Å². The summed E-state index contributed by atoms with van der Waals surface area (Å²) in [5, 5.41) is 22.4. The molecule has 0 aromatic carbocycles. The van der Waals surface area contributed by atoms with Crippen molar-refractivity contribution in [1.29, 1.82) is 0 Å². The van der Waals surface area contributed by atoms with Crippen LogP contribution in [-0.2, 0) is 19.0 Å². The van der Waals surface area contributed by atoms with Crippen LogP contribution in [0.1, 0.15) is 39.5 Å². The fourth-order valence-electron chi connectivity index (χ4n) is 7.74. The number of rotatable bonds is 1. The van der Waals surface area contributed by atoms with Crippen LogP contribution < -0.4 is 0 Å². The lowest BCUT2D eigenvalue weighted by Gasteiger charge is -2.63. The van der Waals surface area contributed by atoms with E-state index in [1.165, 1.54) is 0 Å². The van der Waals surface area contributed by atoms with E-state index in [0.717, 1.165) is 12.8 Å². The van der Waals surface area contributed by atoms with Gasteiger partial charge in [-0.05, 0) is 42.6 Å². The largest absolute Gasteiger partial charge is 0.461 e. The Hall–Kier alpha value is -0.950. The number of carbonyl (C=O) groups is 1. The SMILES string of the molecule is C=C1[C@@H]2C[C@H](O)[C@@H]3[C@](C2)(C(=O)O[C@H]2CCC(C)(C)[C@H]4[C@H](OC)OC[C@@]243)[C@@H]1O. The molecule has 5 fully saturated rings. The molecule has 5 rings (SSSR count). The first-order chi connectivity index (χ1) is 12.7. The normalized spacial score (nSPS) is 55.5. The quantitative estimate of drug-likeness (QED) is 0.533. The van der Waals surface area contributed by atoms with Crippen molar-refractivity contribution in [3.8, 4) is 0 Å². The molecule has 6 nitrogen and oxygen atoms in total. The summed E-state index contributed by atoms with van der Waals surface area (Å²) in [6.45, 7) is 8.85. The van der Waals surface area contributed by atoms with Gasteiger partial charge in [-0.2, -0.15) is 0 Å². The monoisotopic (exact) mass is 378 g/mol. The maximum atomic E-state index is 13.3. The van der Waals surface area contributed by atoms with Crippen LogP contribution in [0.4, 0.5) is 0 Å². The van der Waals surface area contributed by atoms with Gasteiger partial charge in [-0.15, -0.1) is 0 Å². The molecule has 3 aliphatic carbocycles. The number of carbonyl (C=O) groups excluding carboxylic acids is 1. The van der Waals surface area contributed by atoms with Crippen LogP contribution in [0.5, 0.6) is 0 Å². The molecule has 0 amide bonds. The van der Waals surface area contributed by atoms with Gasteiger partial charge in [0.1, 0.15) is 11.5 Å². The number of aliphatic hydroxyl groups excluding tert-OH is 2. The highest BCUT2D eigenvalue weighted by atomic mass is 16.7. The molecule has 2 aliphatic heterocycles. The van der Waals surface area contributed by atoms with Crippen molar-refractivity contribution in [1.82, 2.24) is 0 Å². The van der Waals surface area contributed by atoms with Gasteiger partial charge >= 0.3 is 5.97 Å².